The van der Waals surface area contributed by atoms with Gasteiger partial charge in [-0.15, -0.1) is 0 Å². The molecule has 0 bridgehead atoms. The molecule has 0 N–H and O–H groups in total. The fourth-order valence-electron chi connectivity index (χ4n) is 1.15. The zero-order valence-corrected chi connectivity index (χ0v) is 8.57. The minimum absolute atomic E-state index is 0.248. The van der Waals surface area contributed by atoms with Gasteiger partial charge in [-0.05, 0) is 31.0 Å². The van der Waals surface area contributed by atoms with Crippen LogP contribution in [0.25, 0.3) is 0 Å². The van der Waals surface area contributed by atoms with Crippen molar-refractivity contribution >= 4 is 15.9 Å². The Bertz CT molecular complexity index is 271. The van der Waals surface area contributed by atoms with E-state index in [-0.39, 0.29) is 5.92 Å². The van der Waals surface area contributed by atoms with E-state index in [1.54, 1.807) is 0 Å². The Morgan fingerprint density at radius 2 is 2.25 bits per heavy atom. The molecule has 1 radical (unpaired) electrons. The van der Waals surface area contributed by atoms with Crippen LogP contribution in [0.4, 0.5) is 4.39 Å². The van der Waals surface area contributed by atoms with Crippen LogP contribution in [0.1, 0.15) is 17.0 Å². The summed E-state index contributed by atoms with van der Waals surface area (Å²) >= 11 is 3.39. The molecule has 0 aromatic heterocycles. The molecule has 0 saturated carbocycles. The van der Waals surface area contributed by atoms with Gasteiger partial charge in [-0.1, -0.05) is 28.1 Å². The quantitative estimate of drug-likeness (QED) is 0.727. The van der Waals surface area contributed by atoms with Gasteiger partial charge in [0.05, 0.1) is 6.67 Å². The lowest BCUT2D eigenvalue weighted by atomic mass is 9.98. The van der Waals surface area contributed by atoms with Crippen molar-refractivity contribution in [2.24, 2.45) is 0 Å². The smallest absolute Gasteiger partial charge is 0.0963 e. The van der Waals surface area contributed by atoms with Crippen molar-refractivity contribution in [3.05, 3.63) is 40.7 Å². The third kappa shape index (κ3) is 1.86. The van der Waals surface area contributed by atoms with E-state index in [0.717, 1.165) is 15.6 Å². The van der Waals surface area contributed by atoms with Gasteiger partial charge in [-0.25, -0.2) is 0 Å². The molecule has 0 amide bonds. The predicted octanol–water partition coefficient (Wildman–Crippen LogP) is 3.64. The van der Waals surface area contributed by atoms with Crippen LogP contribution in [-0.4, -0.2) is 6.67 Å². The third-order valence-electron chi connectivity index (χ3n) is 1.94. The number of alkyl halides is 1. The SMILES string of the molecule is [CH2]C(CF)c1cccc(Br)c1C. The Balaban J connectivity index is 3.07. The Morgan fingerprint density at radius 1 is 1.58 bits per heavy atom. The molecule has 2 heteroatoms. The van der Waals surface area contributed by atoms with Crippen LogP contribution in [0, 0.1) is 13.8 Å². The third-order valence-corrected chi connectivity index (χ3v) is 2.79. The zero-order chi connectivity index (χ0) is 9.14. The minimum atomic E-state index is -0.405. The first-order chi connectivity index (χ1) is 5.66. The van der Waals surface area contributed by atoms with Crippen LogP contribution in [0.15, 0.2) is 22.7 Å². The van der Waals surface area contributed by atoms with Crippen molar-refractivity contribution in [3.63, 3.8) is 0 Å². The number of rotatable bonds is 2. The van der Waals surface area contributed by atoms with E-state index in [2.05, 4.69) is 22.9 Å². The maximum absolute atomic E-state index is 12.3. The fourth-order valence-corrected chi connectivity index (χ4v) is 1.53. The molecular weight excluding hydrogens is 219 g/mol. The van der Waals surface area contributed by atoms with Crippen molar-refractivity contribution < 1.29 is 4.39 Å². The molecule has 0 saturated heterocycles. The average Bonchev–Trinajstić information content (AvgIpc) is 2.08. The maximum atomic E-state index is 12.3. The molecule has 1 atom stereocenters. The molecule has 0 aliphatic heterocycles. The van der Waals surface area contributed by atoms with Crippen LogP contribution >= 0.6 is 15.9 Å². The van der Waals surface area contributed by atoms with Crippen molar-refractivity contribution in [1.82, 2.24) is 0 Å². The maximum Gasteiger partial charge on any atom is 0.0963 e. The first-order valence-electron chi connectivity index (χ1n) is 3.81. The van der Waals surface area contributed by atoms with Gasteiger partial charge in [0.15, 0.2) is 0 Å². The van der Waals surface area contributed by atoms with Gasteiger partial charge in [0, 0.05) is 10.4 Å². The summed E-state index contributed by atoms with van der Waals surface area (Å²) in [5.41, 5.74) is 2.06. The highest BCUT2D eigenvalue weighted by Crippen LogP contribution is 2.25. The second kappa shape index (κ2) is 4.04. The second-order valence-electron chi connectivity index (χ2n) is 2.81. The van der Waals surface area contributed by atoms with E-state index >= 15 is 0 Å². The average molecular weight is 230 g/mol. The van der Waals surface area contributed by atoms with Gasteiger partial charge in [0.2, 0.25) is 0 Å². The minimum Gasteiger partial charge on any atom is -0.250 e. The Hall–Kier alpha value is -0.370. The lowest BCUT2D eigenvalue weighted by Crippen LogP contribution is -1.98. The summed E-state index contributed by atoms with van der Waals surface area (Å²) in [6.45, 7) is 5.29. The van der Waals surface area contributed by atoms with E-state index in [4.69, 9.17) is 0 Å². The molecule has 65 valence electrons. The number of halogens is 2. The van der Waals surface area contributed by atoms with E-state index in [1.165, 1.54) is 0 Å². The van der Waals surface area contributed by atoms with Gasteiger partial charge in [-0.2, -0.15) is 0 Å². The highest BCUT2D eigenvalue weighted by molar-refractivity contribution is 9.10. The van der Waals surface area contributed by atoms with Crippen LogP contribution in [-0.2, 0) is 0 Å². The molecule has 0 aliphatic carbocycles. The lowest BCUT2D eigenvalue weighted by molar-refractivity contribution is 0.464. The summed E-state index contributed by atoms with van der Waals surface area (Å²) in [7, 11) is 0. The first-order valence-corrected chi connectivity index (χ1v) is 4.60. The van der Waals surface area contributed by atoms with Crippen molar-refractivity contribution in [1.29, 1.82) is 0 Å². The van der Waals surface area contributed by atoms with Crippen molar-refractivity contribution in [2.45, 2.75) is 12.8 Å². The molecule has 12 heavy (non-hydrogen) atoms. The zero-order valence-electron chi connectivity index (χ0n) is 6.98. The summed E-state index contributed by atoms with van der Waals surface area (Å²) in [4.78, 5) is 0. The highest BCUT2D eigenvalue weighted by atomic mass is 79.9. The Labute approximate surface area is 80.9 Å². The summed E-state index contributed by atoms with van der Waals surface area (Å²) in [5.74, 6) is -0.248. The first kappa shape index (κ1) is 9.72. The summed E-state index contributed by atoms with van der Waals surface area (Å²) in [6.07, 6.45) is 0. The van der Waals surface area contributed by atoms with Gasteiger partial charge in [0.1, 0.15) is 0 Å². The van der Waals surface area contributed by atoms with Crippen molar-refractivity contribution in [3.8, 4) is 0 Å². The van der Waals surface area contributed by atoms with Crippen LogP contribution in [0.3, 0.4) is 0 Å². The van der Waals surface area contributed by atoms with Crippen LogP contribution in [0.5, 0.6) is 0 Å². The largest absolute Gasteiger partial charge is 0.250 e. The molecule has 1 unspecified atom stereocenters. The van der Waals surface area contributed by atoms with Crippen LogP contribution in [0.2, 0.25) is 0 Å². The van der Waals surface area contributed by atoms with Gasteiger partial charge < -0.3 is 0 Å². The standard InChI is InChI=1S/C10H11BrF/c1-7(6-12)9-4-3-5-10(11)8(9)2/h3-5,7H,1,6H2,2H3. The van der Waals surface area contributed by atoms with E-state index in [0.29, 0.717) is 0 Å². The summed E-state index contributed by atoms with van der Waals surface area (Å²) in [5, 5.41) is 0. The summed E-state index contributed by atoms with van der Waals surface area (Å²) < 4.78 is 13.3. The molecule has 0 spiro atoms. The Kier molecular flexibility index (Phi) is 3.27. The topological polar surface area (TPSA) is 0 Å². The molecule has 0 heterocycles. The number of hydrogen-bond donors (Lipinski definition) is 0. The molecular formula is C10H11BrF. The molecule has 1 aromatic carbocycles. The molecule has 1 rings (SSSR count). The predicted molar refractivity (Wildman–Crippen MR) is 53.0 cm³/mol. The second-order valence-corrected chi connectivity index (χ2v) is 3.66. The Morgan fingerprint density at radius 3 is 2.83 bits per heavy atom. The monoisotopic (exact) mass is 229 g/mol. The van der Waals surface area contributed by atoms with Crippen LogP contribution < -0.4 is 0 Å². The molecule has 1 aromatic rings. The summed E-state index contributed by atoms with van der Waals surface area (Å²) in [6, 6.07) is 5.77. The van der Waals surface area contributed by atoms with Gasteiger partial charge in [-0.3, -0.25) is 4.39 Å². The lowest BCUT2D eigenvalue weighted by Gasteiger charge is -2.11. The van der Waals surface area contributed by atoms with Gasteiger partial charge in [0.25, 0.3) is 0 Å². The van der Waals surface area contributed by atoms with E-state index in [9.17, 15) is 4.39 Å². The van der Waals surface area contributed by atoms with Gasteiger partial charge >= 0.3 is 0 Å². The number of benzene rings is 1. The normalized spacial score (nSPS) is 13.0. The molecule has 0 nitrogen and oxygen atoms in total. The molecule has 0 fully saturated rings. The fraction of sp³-hybridized carbons (Fsp3) is 0.300. The van der Waals surface area contributed by atoms with E-state index in [1.807, 2.05) is 25.1 Å². The van der Waals surface area contributed by atoms with E-state index < -0.39 is 6.67 Å². The molecule has 0 aliphatic rings. The highest BCUT2D eigenvalue weighted by Gasteiger charge is 2.08. The van der Waals surface area contributed by atoms with Crippen molar-refractivity contribution in [2.75, 3.05) is 6.67 Å². The number of hydrogen-bond acceptors (Lipinski definition) is 0.